The van der Waals surface area contributed by atoms with Crippen molar-refractivity contribution in [2.45, 2.75) is 43.1 Å². The molecule has 0 aromatic carbocycles. The Morgan fingerprint density at radius 1 is 1.11 bits per heavy atom. The topological polar surface area (TPSA) is 12.0 Å². The summed E-state index contributed by atoms with van der Waals surface area (Å²) in [7, 11) is 0. The zero-order valence-corrected chi connectivity index (χ0v) is 6.19. The van der Waals surface area contributed by atoms with Crippen molar-refractivity contribution in [2.75, 3.05) is 0 Å². The second-order valence-electron chi connectivity index (χ2n) is 3.21. The fourth-order valence-electron chi connectivity index (χ4n) is 1.99. The van der Waals surface area contributed by atoms with Crippen molar-refractivity contribution in [1.29, 1.82) is 0 Å². The Bertz CT molecular complexity index is 103. The molecule has 2 aliphatic rings. The number of halogens is 1. The van der Waals surface area contributed by atoms with E-state index >= 15 is 0 Å². The minimum atomic E-state index is 0.462. The molecule has 0 aromatic rings. The molecular weight excluding hydrogens is 134 g/mol. The van der Waals surface area contributed by atoms with Gasteiger partial charge in [0.25, 0.3) is 0 Å². The summed E-state index contributed by atoms with van der Waals surface area (Å²) in [4.78, 5) is 0. The second kappa shape index (κ2) is 2.14. The summed E-state index contributed by atoms with van der Waals surface area (Å²) in [6.45, 7) is 0. The summed E-state index contributed by atoms with van der Waals surface area (Å²) in [5, 5.41) is 4.00. The lowest BCUT2D eigenvalue weighted by Crippen LogP contribution is -2.38. The third-order valence-electron chi connectivity index (χ3n) is 2.42. The molecule has 0 aromatic heterocycles. The van der Waals surface area contributed by atoms with Gasteiger partial charge in [0.05, 0.1) is 0 Å². The molecule has 2 fully saturated rings. The first kappa shape index (κ1) is 5.99. The van der Waals surface area contributed by atoms with Crippen LogP contribution in [0.3, 0.4) is 0 Å². The summed E-state index contributed by atoms with van der Waals surface area (Å²) in [6.07, 6.45) is 5.10. The van der Waals surface area contributed by atoms with Crippen LogP contribution in [0.4, 0.5) is 0 Å². The fourth-order valence-corrected chi connectivity index (χ4v) is 2.42. The van der Waals surface area contributed by atoms with Gasteiger partial charge in [0.2, 0.25) is 0 Å². The second-order valence-corrected chi connectivity index (χ2v) is 3.82. The van der Waals surface area contributed by atoms with Crippen LogP contribution in [0.25, 0.3) is 0 Å². The highest BCUT2D eigenvalue weighted by Crippen LogP contribution is 2.29. The number of piperidine rings is 1. The summed E-state index contributed by atoms with van der Waals surface area (Å²) in [5.41, 5.74) is 0. The zero-order valence-electron chi connectivity index (χ0n) is 5.44. The van der Waals surface area contributed by atoms with Crippen LogP contribution in [0.2, 0.25) is 0 Å². The number of nitrogens with one attached hydrogen (secondary N) is 1. The van der Waals surface area contributed by atoms with Gasteiger partial charge < -0.3 is 5.32 Å². The first-order valence-electron chi connectivity index (χ1n) is 3.75. The molecule has 2 aliphatic heterocycles. The minimum absolute atomic E-state index is 0.462. The molecular formula is C7H12ClN. The molecule has 3 atom stereocenters. The number of alkyl halides is 1. The highest BCUT2D eigenvalue weighted by molar-refractivity contribution is 6.20. The van der Waals surface area contributed by atoms with Crippen LogP contribution >= 0.6 is 11.6 Å². The molecule has 0 radical (unpaired) electrons. The average Bonchev–Trinajstić information content (AvgIpc) is 2.11. The van der Waals surface area contributed by atoms with E-state index in [0.29, 0.717) is 5.38 Å². The first-order valence-corrected chi connectivity index (χ1v) is 4.18. The average molecular weight is 146 g/mol. The Morgan fingerprint density at radius 3 is 2.22 bits per heavy atom. The van der Waals surface area contributed by atoms with Crippen LogP contribution in [-0.2, 0) is 0 Å². The van der Waals surface area contributed by atoms with Crippen molar-refractivity contribution in [3.63, 3.8) is 0 Å². The van der Waals surface area contributed by atoms with E-state index in [9.17, 15) is 0 Å². The van der Waals surface area contributed by atoms with Gasteiger partial charge in [0, 0.05) is 17.5 Å². The third-order valence-corrected chi connectivity index (χ3v) is 2.77. The minimum Gasteiger partial charge on any atom is -0.311 e. The summed E-state index contributed by atoms with van der Waals surface area (Å²) < 4.78 is 0. The molecule has 2 saturated heterocycles. The molecule has 2 bridgehead atoms. The van der Waals surface area contributed by atoms with Crippen molar-refractivity contribution >= 4 is 11.6 Å². The molecule has 1 unspecified atom stereocenters. The van der Waals surface area contributed by atoms with Crippen LogP contribution in [0.1, 0.15) is 25.7 Å². The Labute approximate surface area is 60.8 Å². The SMILES string of the molecule is ClC1C[C@H]2CC[C@@H](C1)N2. The van der Waals surface area contributed by atoms with E-state index in [-0.39, 0.29) is 0 Å². The van der Waals surface area contributed by atoms with Gasteiger partial charge in [-0.15, -0.1) is 11.6 Å². The quantitative estimate of drug-likeness (QED) is 0.510. The Balaban J connectivity index is 2.03. The normalized spacial score (nSPS) is 49.7. The van der Waals surface area contributed by atoms with Crippen LogP contribution in [0.15, 0.2) is 0 Å². The molecule has 0 saturated carbocycles. The predicted molar refractivity (Wildman–Crippen MR) is 38.8 cm³/mol. The van der Waals surface area contributed by atoms with Gasteiger partial charge in [-0.1, -0.05) is 0 Å². The molecule has 1 N–H and O–H groups in total. The van der Waals surface area contributed by atoms with Gasteiger partial charge in [-0.2, -0.15) is 0 Å². The van der Waals surface area contributed by atoms with Gasteiger partial charge >= 0.3 is 0 Å². The number of fused-ring (bicyclic) bond motifs is 2. The predicted octanol–water partition coefficient (Wildman–Crippen LogP) is 1.51. The van der Waals surface area contributed by atoms with E-state index in [0.717, 1.165) is 12.1 Å². The van der Waals surface area contributed by atoms with Gasteiger partial charge in [-0.05, 0) is 25.7 Å². The van der Waals surface area contributed by atoms with Crippen molar-refractivity contribution in [2.24, 2.45) is 0 Å². The van der Waals surface area contributed by atoms with Crippen molar-refractivity contribution in [3.05, 3.63) is 0 Å². The number of hydrogen-bond donors (Lipinski definition) is 1. The van der Waals surface area contributed by atoms with Gasteiger partial charge in [0.1, 0.15) is 0 Å². The largest absolute Gasteiger partial charge is 0.311 e. The molecule has 0 aliphatic carbocycles. The van der Waals surface area contributed by atoms with Crippen molar-refractivity contribution in [3.8, 4) is 0 Å². The van der Waals surface area contributed by atoms with Crippen molar-refractivity contribution in [1.82, 2.24) is 5.32 Å². The molecule has 52 valence electrons. The summed E-state index contributed by atoms with van der Waals surface area (Å²) >= 11 is 6.01. The molecule has 2 rings (SSSR count). The number of hydrogen-bond acceptors (Lipinski definition) is 1. The maximum absolute atomic E-state index is 6.01. The van der Waals surface area contributed by atoms with Gasteiger partial charge in [0.15, 0.2) is 0 Å². The first-order chi connectivity index (χ1) is 4.34. The maximum Gasteiger partial charge on any atom is 0.0365 e. The van der Waals surface area contributed by atoms with E-state index < -0.39 is 0 Å². The fraction of sp³-hybridized carbons (Fsp3) is 1.00. The molecule has 9 heavy (non-hydrogen) atoms. The van der Waals surface area contributed by atoms with Crippen LogP contribution < -0.4 is 5.32 Å². The standard InChI is InChI=1S/C7H12ClN/c8-5-3-6-1-2-7(4-5)9-6/h5-7,9H,1-4H2/t5?,6-,7+. The molecule has 0 spiro atoms. The Hall–Kier alpha value is 0.250. The van der Waals surface area contributed by atoms with Crippen molar-refractivity contribution < 1.29 is 0 Å². The summed E-state index contributed by atoms with van der Waals surface area (Å²) in [5.74, 6) is 0. The Morgan fingerprint density at radius 2 is 1.67 bits per heavy atom. The highest BCUT2D eigenvalue weighted by Gasteiger charge is 2.32. The van der Waals surface area contributed by atoms with E-state index in [1.165, 1.54) is 25.7 Å². The maximum atomic E-state index is 6.01. The lowest BCUT2D eigenvalue weighted by molar-refractivity contribution is 0.411. The monoisotopic (exact) mass is 145 g/mol. The van der Waals surface area contributed by atoms with Crippen LogP contribution in [-0.4, -0.2) is 17.5 Å². The molecule has 0 amide bonds. The van der Waals surface area contributed by atoms with E-state index in [1.54, 1.807) is 0 Å². The van der Waals surface area contributed by atoms with Gasteiger partial charge in [-0.25, -0.2) is 0 Å². The third kappa shape index (κ3) is 1.08. The van der Waals surface area contributed by atoms with Crippen LogP contribution in [0, 0.1) is 0 Å². The smallest absolute Gasteiger partial charge is 0.0365 e. The van der Waals surface area contributed by atoms with Gasteiger partial charge in [-0.3, -0.25) is 0 Å². The lowest BCUT2D eigenvalue weighted by Gasteiger charge is -2.24. The van der Waals surface area contributed by atoms with E-state index in [2.05, 4.69) is 5.32 Å². The summed E-state index contributed by atoms with van der Waals surface area (Å²) in [6, 6.07) is 1.51. The highest BCUT2D eigenvalue weighted by atomic mass is 35.5. The van der Waals surface area contributed by atoms with E-state index in [4.69, 9.17) is 11.6 Å². The molecule has 2 heterocycles. The number of rotatable bonds is 0. The molecule has 2 heteroatoms. The zero-order chi connectivity index (χ0) is 6.27. The van der Waals surface area contributed by atoms with Crippen LogP contribution in [0.5, 0.6) is 0 Å². The van der Waals surface area contributed by atoms with E-state index in [1.807, 2.05) is 0 Å². The molecule has 1 nitrogen and oxygen atoms in total. The Kier molecular flexibility index (Phi) is 1.42. The lowest BCUT2D eigenvalue weighted by atomic mass is 10.1.